The second kappa shape index (κ2) is 7.56. The number of carbonyl (C=O) groups excluding carboxylic acids is 1. The Hall–Kier alpha value is -2.24. The smallest absolute Gasteiger partial charge is 0.231 e. The minimum Gasteiger partial charge on any atom is -0.454 e. The van der Waals surface area contributed by atoms with Crippen LogP contribution in [0.1, 0.15) is 18.4 Å². The van der Waals surface area contributed by atoms with E-state index in [9.17, 15) is 4.79 Å². The van der Waals surface area contributed by atoms with E-state index >= 15 is 0 Å². The van der Waals surface area contributed by atoms with Crippen LogP contribution in [0.25, 0.3) is 0 Å². The quantitative estimate of drug-likeness (QED) is 0.883. The van der Waals surface area contributed by atoms with Gasteiger partial charge >= 0.3 is 0 Å². The standard InChI is InChI=1S/C20H21ClN2O3/c21-17-6-2-1-4-14(17)11-23-9-3-5-15(12-23)20(24)22-16-7-8-18-19(10-16)26-13-25-18/h1-2,4,6-8,10,15H,3,5,9,11-13H2,(H,22,24). The molecule has 1 atom stereocenters. The lowest BCUT2D eigenvalue weighted by atomic mass is 9.96. The summed E-state index contributed by atoms with van der Waals surface area (Å²) in [7, 11) is 0. The summed E-state index contributed by atoms with van der Waals surface area (Å²) in [5.74, 6) is 1.41. The molecule has 0 aromatic heterocycles. The minimum absolute atomic E-state index is 0.0309. The van der Waals surface area contributed by atoms with Gasteiger partial charge in [-0.25, -0.2) is 0 Å². The van der Waals surface area contributed by atoms with Crippen LogP contribution in [0.15, 0.2) is 42.5 Å². The SMILES string of the molecule is O=C(Nc1ccc2c(c1)OCO2)C1CCCN(Cc2ccccc2Cl)C1. The van der Waals surface area contributed by atoms with E-state index in [1.807, 2.05) is 42.5 Å². The summed E-state index contributed by atoms with van der Waals surface area (Å²) in [5, 5.41) is 3.79. The van der Waals surface area contributed by atoms with Crippen LogP contribution < -0.4 is 14.8 Å². The Balaban J connectivity index is 1.38. The summed E-state index contributed by atoms with van der Waals surface area (Å²) in [6.07, 6.45) is 1.90. The molecular weight excluding hydrogens is 352 g/mol. The second-order valence-electron chi connectivity index (χ2n) is 6.72. The van der Waals surface area contributed by atoms with Crippen molar-refractivity contribution in [2.45, 2.75) is 19.4 Å². The van der Waals surface area contributed by atoms with Crippen molar-refractivity contribution in [3.05, 3.63) is 53.1 Å². The Morgan fingerprint density at radius 2 is 2.04 bits per heavy atom. The van der Waals surface area contributed by atoms with Crippen molar-refractivity contribution in [2.75, 3.05) is 25.2 Å². The van der Waals surface area contributed by atoms with Crippen LogP contribution >= 0.6 is 11.6 Å². The predicted molar refractivity (Wildman–Crippen MR) is 101 cm³/mol. The van der Waals surface area contributed by atoms with E-state index in [4.69, 9.17) is 21.1 Å². The lowest BCUT2D eigenvalue weighted by Gasteiger charge is -2.32. The molecule has 1 unspecified atom stereocenters. The fourth-order valence-corrected chi connectivity index (χ4v) is 3.69. The van der Waals surface area contributed by atoms with Crippen LogP contribution in [0.3, 0.4) is 0 Å². The van der Waals surface area contributed by atoms with E-state index in [2.05, 4.69) is 10.2 Å². The third-order valence-electron chi connectivity index (χ3n) is 4.87. The monoisotopic (exact) mass is 372 g/mol. The summed E-state index contributed by atoms with van der Waals surface area (Å²) in [6, 6.07) is 13.4. The Morgan fingerprint density at radius 1 is 1.19 bits per heavy atom. The zero-order valence-electron chi connectivity index (χ0n) is 14.4. The van der Waals surface area contributed by atoms with Crippen LogP contribution in [-0.2, 0) is 11.3 Å². The van der Waals surface area contributed by atoms with Gasteiger partial charge in [-0.1, -0.05) is 29.8 Å². The first-order valence-corrected chi connectivity index (χ1v) is 9.23. The van der Waals surface area contributed by atoms with Crippen LogP contribution in [0.4, 0.5) is 5.69 Å². The Bertz CT molecular complexity index is 811. The van der Waals surface area contributed by atoms with E-state index in [1.54, 1.807) is 0 Å². The highest BCUT2D eigenvalue weighted by Gasteiger charge is 2.26. The average molecular weight is 373 g/mol. The van der Waals surface area contributed by atoms with E-state index < -0.39 is 0 Å². The molecule has 0 spiro atoms. The number of rotatable bonds is 4. The van der Waals surface area contributed by atoms with Gasteiger partial charge in [-0.05, 0) is 43.1 Å². The van der Waals surface area contributed by atoms with Crippen molar-refractivity contribution in [1.82, 2.24) is 4.90 Å². The Morgan fingerprint density at radius 3 is 2.92 bits per heavy atom. The number of carbonyl (C=O) groups is 1. The zero-order valence-corrected chi connectivity index (χ0v) is 15.2. The van der Waals surface area contributed by atoms with Gasteiger partial charge in [0.05, 0.1) is 5.92 Å². The molecule has 0 saturated carbocycles. The van der Waals surface area contributed by atoms with Crippen molar-refractivity contribution < 1.29 is 14.3 Å². The molecule has 1 N–H and O–H groups in total. The summed E-state index contributed by atoms with van der Waals surface area (Å²) in [5.41, 5.74) is 1.84. The van der Waals surface area contributed by atoms with Gasteiger partial charge in [0.15, 0.2) is 11.5 Å². The molecule has 26 heavy (non-hydrogen) atoms. The van der Waals surface area contributed by atoms with Gasteiger partial charge in [0.2, 0.25) is 12.7 Å². The van der Waals surface area contributed by atoms with Crippen molar-refractivity contribution in [2.24, 2.45) is 5.92 Å². The number of nitrogens with one attached hydrogen (secondary N) is 1. The molecule has 6 heteroatoms. The van der Waals surface area contributed by atoms with E-state index in [1.165, 1.54) is 0 Å². The molecule has 4 rings (SSSR count). The molecule has 2 heterocycles. The molecule has 1 amide bonds. The maximum absolute atomic E-state index is 12.7. The maximum atomic E-state index is 12.7. The molecular formula is C20H21ClN2O3. The third-order valence-corrected chi connectivity index (χ3v) is 5.24. The molecule has 2 aliphatic heterocycles. The number of benzene rings is 2. The van der Waals surface area contributed by atoms with Crippen molar-refractivity contribution in [3.63, 3.8) is 0 Å². The van der Waals surface area contributed by atoms with Gasteiger partial charge in [-0.3, -0.25) is 9.69 Å². The van der Waals surface area contributed by atoms with Crippen molar-refractivity contribution in [1.29, 1.82) is 0 Å². The normalized spacial score (nSPS) is 19.3. The number of piperidine rings is 1. The summed E-state index contributed by atoms with van der Waals surface area (Å²) in [6.45, 7) is 2.72. The predicted octanol–water partition coefficient (Wildman–Crippen LogP) is 3.92. The Kier molecular flexibility index (Phi) is 5.00. The zero-order chi connectivity index (χ0) is 17.9. The van der Waals surface area contributed by atoms with Gasteiger partial charge in [-0.15, -0.1) is 0 Å². The highest BCUT2D eigenvalue weighted by atomic mass is 35.5. The van der Waals surface area contributed by atoms with Gasteiger partial charge in [0, 0.05) is 29.9 Å². The number of likely N-dealkylation sites (tertiary alicyclic amines) is 1. The first-order valence-electron chi connectivity index (χ1n) is 8.85. The van der Waals surface area contributed by atoms with E-state index in [0.29, 0.717) is 11.5 Å². The number of ether oxygens (including phenoxy) is 2. The number of hydrogen-bond acceptors (Lipinski definition) is 4. The number of amides is 1. The first kappa shape index (κ1) is 17.2. The van der Waals surface area contributed by atoms with Crippen molar-refractivity contribution in [3.8, 4) is 11.5 Å². The van der Waals surface area contributed by atoms with Crippen molar-refractivity contribution >= 4 is 23.2 Å². The number of fused-ring (bicyclic) bond motifs is 1. The van der Waals surface area contributed by atoms with Gasteiger partial charge in [0.25, 0.3) is 0 Å². The van der Waals surface area contributed by atoms with Gasteiger partial charge in [-0.2, -0.15) is 0 Å². The summed E-state index contributed by atoms with van der Waals surface area (Å²) in [4.78, 5) is 15.0. The molecule has 0 bridgehead atoms. The molecule has 2 aliphatic rings. The molecule has 0 radical (unpaired) electrons. The van der Waals surface area contributed by atoms with Crippen LogP contribution in [0.5, 0.6) is 11.5 Å². The topological polar surface area (TPSA) is 50.8 Å². The van der Waals surface area contributed by atoms with E-state index in [-0.39, 0.29) is 18.6 Å². The van der Waals surface area contributed by atoms with E-state index in [0.717, 1.165) is 48.7 Å². The van der Waals surface area contributed by atoms with Crippen LogP contribution in [0.2, 0.25) is 5.02 Å². The molecule has 0 aliphatic carbocycles. The Labute approximate surface area is 157 Å². The number of nitrogens with zero attached hydrogens (tertiary/aromatic N) is 1. The molecule has 1 fully saturated rings. The molecule has 5 nitrogen and oxygen atoms in total. The molecule has 1 saturated heterocycles. The average Bonchev–Trinajstić information content (AvgIpc) is 3.12. The minimum atomic E-state index is -0.0309. The lowest BCUT2D eigenvalue weighted by Crippen LogP contribution is -2.40. The third kappa shape index (κ3) is 3.79. The second-order valence-corrected chi connectivity index (χ2v) is 7.13. The fourth-order valence-electron chi connectivity index (χ4n) is 3.50. The van der Waals surface area contributed by atoms with Gasteiger partial charge < -0.3 is 14.8 Å². The summed E-state index contributed by atoms with van der Waals surface area (Å²) < 4.78 is 10.7. The maximum Gasteiger partial charge on any atom is 0.231 e. The van der Waals surface area contributed by atoms with Crippen LogP contribution in [-0.4, -0.2) is 30.7 Å². The highest BCUT2D eigenvalue weighted by Crippen LogP contribution is 2.34. The number of hydrogen-bond donors (Lipinski definition) is 1. The summed E-state index contributed by atoms with van der Waals surface area (Å²) >= 11 is 6.27. The molecule has 2 aromatic rings. The first-order chi connectivity index (χ1) is 12.7. The van der Waals surface area contributed by atoms with Crippen LogP contribution in [0, 0.1) is 5.92 Å². The lowest BCUT2D eigenvalue weighted by molar-refractivity contribution is -0.121. The highest BCUT2D eigenvalue weighted by molar-refractivity contribution is 6.31. The number of anilines is 1. The fraction of sp³-hybridized carbons (Fsp3) is 0.350. The van der Waals surface area contributed by atoms with Gasteiger partial charge in [0.1, 0.15) is 0 Å². The largest absolute Gasteiger partial charge is 0.454 e. The number of halogens is 1. The molecule has 136 valence electrons. The molecule has 2 aromatic carbocycles.